The van der Waals surface area contributed by atoms with Crippen LogP contribution >= 0.6 is 11.8 Å². The Labute approximate surface area is 248 Å². The summed E-state index contributed by atoms with van der Waals surface area (Å²) in [6.07, 6.45) is -1.15. The molecule has 4 aromatic rings. The fourth-order valence-corrected chi connectivity index (χ4v) is 5.07. The second-order valence-electron chi connectivity index (χ2n) is 9.25. The molecule has 10 nitrogen and oxygen atoms in total. The Hall–Kier alpha value is -4.98. The highest BCUT2D eigenvalue weighted by atomic mass is 32.2. The van der Waals surface area contributed by atoms with Crippen LogP contribution in [0.5, 0.6) is 5.75 Å². The lowest BCUT2D eigenvalue weighted by Crippen LogP contribution is -2.31. The quantitative estimate of drug-likeness (QED) is 0.207. The molecule has 3 aromatic carbocycles. The maximum atomic E-state index is 12.6. The van der Waals surface area contributed by atoms with Crippen molar-refractivity contribution in [3.8, 4) is 22.8 Å². The molecular weight excluding hydrogens is 583 g/mol. The van der Waals surface area contributed by atoms with Crippen molar-refractivity contribution in [2.75, 3.05) is 10.7 Å². The number of halogens is 3. The minimum atomic E-state index is -4.77. The molecule has 1 aliphatic heterocycles. The number of hydrogen-bond acceptors (Lipinski definition) is 7. The van der Waals surface area contributed by atoms with Gasteiger partial charge >= 0.3 is 12.4 Å². The smallest absolute Gasteiger partial charge is 0.406 e. The molecule has 0 unspecified atom stereocenters. The monoisotopic (exact) mass is 607 g/mol. The molecule has 0 spiro atoms. The van der Waals surface area contributed by atoms with Crippen LogP contribution in [0.15, 0.2) is 83.2 Å². The molecule has 3 amide bonds. The molecule has 1 fully saturated rings. The summed E-state index contributed by atoms with van der Waals surface area (Å²) >= 11 is 1.19. The van der Waals surface area contributed by atoms with Gasteiger partial charge in [-0.05, 0) is 54.8 Å². The minimum Gasteiger partial charge on any atom is -0.406 e. The van der Waals surface area contributed by atoms with Gasteiger partial charge in [-0.25, -0.2) is 19.9 Å². The van der Waals surface area contributed by atoms with Crippen molar-refractivity contribution >= 4 is 40.8 Å². The summed E-state index contributed by atoms with van der Waals surface area (Å²) in [6, 6.07) is 17.3. The number of ether oxygens (including phenoxy) is 1. The first-order chi connectivity index (χ1) is 20.6. The highest BCUT2D eigenvalue weighted by Gasteiger charge is 2.32. The number of thioether (sulfide) groups is 1. The van der Waals surface area contributed by atoms with Gasteiger partial charge in [0.2, 0.25) is 5.91 Å². The summed E-state index contributed by atoms with van der Waals surface area (Å²) in [4.78, 5) is 34.9. The lowest BCUT2D eigenvalue weighted by molar-refractivity contribution is -0.274. The van der Waals surface area contributed by atoms with Crippen molar-refractivity contribution < 1.29 is 27.5 Å². The van der Waals surface area contributed by atoms with Crippen LogP contribution in [0.2, 0.25) is 0 Å². The van der Waals surface area contributed by atoms with E-state index in [2.05, 4.69) is 30.3 Å². The summed E-state index contributed by atoms with van der Waals surface area (Å²) in [5.41, 5.74) is 7.01. The van der Waals surface area contributed by atoms with Gasteiger partial charge in [-0.1, -0.05) is 60.6 Å². The topological polar surface area (TPSA) is 114 Å². The minimum absolute atomic E-state index is 0.147. The van der Waals surface area contributed by atoms with Gasteiger partial charge in [0.15, 0.2) is 11.0 Å². The molecule has 14 heteroatoms. The summed E-state index contributed by atoms with van der Waals surface area (Å²) in [6.45, 7) is 3.98. The van der Waals surface area contributed by atoms with E-state index in [-0.39, 0.29) is 22.6 Å². The highest BCUT2D eigenvalue weighted by molar-refractivity contribution is 8.15. The highest BCUT2D eigenvalue weighted by Crippen LogP contribution is 2.31. The second kappa shape index (κ2) is 12.5. The predicted octanol–water partition coefficient (Wildman–Crippen LogP) is 5.88. The predicted molar refractivity (Wildman–Crippen MR) is 158 cm³/mol. The third kappa shape index (κ3) is 7.27. The number of carbonyl (C=O) groups is 2. The van der Waals surface area contributed by atoms with Crippen molar-refractivity contribution in [1.29, 1.82) is 0 Å². The summed E-state index contributed by atoms with van der Waals surface area (Å²) in [5, 5.41) is 8.63. The van der Waals surface area contributed by atoms with E-state index in [1.165, 1.54) is 58.2 Å². The van der Waals surface area contributed by atoms with Gasteiger partial charge < -0.3 is 4.74 Å². The number of benzene rings is 3. The van der Waals surface area contributed by atoms with E-state index in [9.17, 15) is 22.8 Å². The molecule has 1 aliphatic rings. The first-order valence-corrected chi connectivity index (χ1v) is 13.9. The van der Waals surface area contributed by atoms with Crippen LogP contribution < -0.4 is 15.1 Å². The van der Waals surface area contributed by atoms with Crippen LogP contribution in [-0.4, -0.2) is 50.2 Å². The summed E-state index contributed by atoms with van der Waals surface area (Å²) in [5.74, 6) is 0.108. The van der Waals surface area contributed by atoms with Gasteiger partial charge in [0.25, 0.3) is 0 Å². The van der Waals surface area contributed by atoms with Crippen molar-refractivity contribution in [1.82, 2.24) is 20.2 Å². The molecule has 1 aromatic heterocycles. The number of carbonyl (C=O) groups excluding carboxylic acids is 2. The third-order valence-corrected chi connectivity index (χ3v) is 7.11. The van der Waals surface area contributed by atoms with Gasteiger partial charge in [-0.2, -0.15) is 10.1 Å². The Bertz CT molecular complexity index is 1700. The Balaban J connectivity index is 1.20. The number of hydrogen-bond donors (Lipinski definition) is 1. The van der Waals surface area contributed by atoms with E-state index in [4.69, 9.17) is 0 Å². The third-order valence-electron chi connectivity index (χ3n) is 6.19. The van der Waals surface area contributed by atoms with Crippen molar-refractivity contribution in [2.24, 2.45) is 10.1 Å². The number of aryl methyl sites for hydroxylation is 2. The van der Waals surface area contributed by atoms with E-state index in [1.807, 2.05) is 32.0 Å². The first kappa shape index (κ1) is 29.5. The Morgan fingerprint density at radius 1 is 1.12 bits per heavy atom. The van der Waals surface area contributed by atoms with Crippen molar-refractivity contribution in [2.45, 2.75) is 26.6 Å². The number of aromatic nitrogens is 3. The van der Waals surface area contributed by atoms with E-state index in [0.717, 1.165) is 17.5 Å². The van der Waals surface area contributed by atoms with Crippen molar-refractivity contribution in [3.05, 3.63) is 89.7 Å². The number of nitrogens with one attached hydrogen (secondary N) is 1. The normalized spacial score (nSPS) is 14.6. The molecule has 0 atom stereocenters. The molecule has 0 bridgehead atoms. The standard InChI is InChI=1S/C29H24F3N7O3S/c1-3-20-14-18(2)4-13-24(20)39-25(40)16-43-28(39)35-27(41)36-34-15-19-5-7-21(8-6-19)26-33-17-38(37-26)22-9-11-23(12-10-22)42-29(30,31)32/h4-15,17H,3,16H2,1-2H3,(H,36,41)/b34-15+,35-28?. The fraction of sp³-hybridized carbons (Fsp3) is 0.172. The van der Waals surface area contributed by atoms with Crippen LogP contribution in [0.3, 0.4) is 0 Å². The summed E-state index contributed by atoms with van der Waals surface area (Å²) < 4.78 is 42.4. The number of hydrazone groups is 1. The lowest BCUT2D eigenvalue weighted by Gasteiger charge is -2.19. The van der Waals surface area contributed by atoms with Crippen LogP contribution in [-0.2, 0) is 11.2 Å². The number of aliphatic imine (C=N–C) groups is 1. The second-order valence-corrected chi connectivity index (χ2v) is 10.2. The summed E-state index contributed by atoms with van der Waals surface area (Å²) in [7, 11) is 0. The number of amides is 3. The first-order valence-electron chi connectivity index (χ1n) is 12.9. The number of rotatable bonds is 7. The van der Waals surface area contributed by atoms with Crippen LogP contribution in [0.25, 0.3) is 17.1 Å². The van der Waals surface area contributed by atoms with E-state index in [1.54, 1.807) is 24.3 Å². The fourth-order valence-electron chi connectivity index (χ4n) is 4.21. The van der Waals surface area contributed by atoms with E-state index < -0.39 is 12.4 Å². The van der Waals surface area contributed by atoms with Crippen molar-refractivity contribution in [3.63, 3.8) is 0 Å². The molecule has 1 saturated heterocycles. The molecule has 0 radical (unpaired) electrons. The molecule has 0 aliphatic carbocycles. The zero-order valence-corrected chi connectivity index (χ0v) is 23.7. The zero-order valence-electron chi connectivity index (χ0n) is 22.9. The maximum absolute atomic E-state index is 12.6. The van der Waals surface area contributed by atoms with E-state index >= 15 is 0 Å². The molecule has 43 heavy (non-hydrogen) atoms. The Kier molecular flexibility index (Phi) is 8.57. The van der Waals surface area contributed by atoms with Gasteiger partial charge in [-0.3, -0.25) is 9.69 Å². The zero-order chi connectivity index (χ0) is 30.6. The van der Waals surface area contributed by atoms with Crippen LogP contribution in [0.1, 0.15) is 23.6 Å². The Morgan fingerprint density at radius 3 is 2.56 bits per heavy atom. The average molecular weight is 608 g/mol. The molecule has 2 heterocycles. The lowest BCUT2D eigenvalue weighted by atomic mass is 10.1. The van der Waals surface area contributed by atoms with Gasteiger partial charge in [0.1, 0.15) is 12.1 Å². The Morgan fingerprint density at radius 2 is 1.86 bits per heavy atom. The van der Waals surface area contributed by atoms with Gasteiger partial charge in [0.05, 0.1) is 23.3 Å². The number of nitrogens with zero attached hydrogens (tertiary/aromatic N) is 6. The number of anilines is 1. The average Bonchev–Trinajstić information content (AvgIpc) is 3.60. The van der Waals surface area contributed by atoms with Crippen LogP contribution in [0, 0.1) is 6.92 Å². The molecular formula is C29H24F3N7O3S. The SMILES string of the molecule is CCc1cc(C)ccc1N1C(=O)CSC1=NC(=O)N/N=C/c1ccc(-c2ncn(-c3ccc(OC(F)(F)F)cc3)n2)cc1. The molecule has 0 saturated carbocycles. The number of urea groups is 1. The van der Waals surface area contributed by atoms with Gasteiger partial charge in [-0.15, -0.1) is 18.3 Å². The largest absolute Gasteiger partial charge is 0.573 e. The van der Waals surface area contributed by atoms with E-state index in [0.29, 0.717) is 28.3 Å². The number of amidine groups is 1. The molecule has 220 valence electrons. The maximum Gasteiger partial charge on any atom is 0.573 e. The molecule has 1 N–H and O–H groups in total. The van der Waals surface area contributed by atoms with Crippen LogP contribution in [0.4, 0.5) is 23.7 Å². The number of alkyl halides is 3. The van der Waals surface area contributed by atoms with Gasteiger partial charge in [0, 0.05) is 5.56 Å². The molecule has 5 rings (SSSR count).